The Morgan fingerprint density at radius 1 is 1.03 bits per heavy atom. The summed E-state index contributed by atoms with van der Waals surface area (Å²) in [6.07, 6.45) is -4.75. The second kappa shape index (κ2) is 9.68. The molecule has 170 valence electrons. The molecule has 2 amide bonds. The van der Waals surface area contributed by atoms with Gasteiger partial charge >= 0.3 is 12.2 Å². The summed E-state index contributed by atoms with van der Waals surface area (Å²) in [6.45, 7) is 0.0370. The molecule has 0 saturated carbocycles. The molecule has 0 fully saturated rings. The molecule has 13 heteroatoms. The molecule has 0 spiro atoms. The van der Waals surface area contributed by atoms with Gasteiger partial charge in [0.2, 0.25) is 5.13 Å². The number of alkyl halides is 3. The van der Waals surface area contributed by atoms with Crippen LogP contribution in [0.15, 0.2) is 36.4 Å². The van der Waals surface area contributed by atoms with E-state index >= 15 is 0 Å². The second-order valence-corrected chi connectivity index (χ2v) is 7.17. The van der Waals surface area contributed by atoms with Crippen LogP contribution in [0.5, 0.6) is 17.2 Å². The standard InChI is InChI=1S/C19H16F4N4O4S/c1-29-14-4-3-13(8-15(14)30-2)31-9-16-26-27-18(32-16)25-17(28)24-12-6-10(19(21,22)23)5-11(20)7-12/h3-8H,9H2,1-2H3,(H2,24,25,27,28). The van der Waals surface area contributed by atoms with Crippen LogP contribution in [0.4, 0.5) is 33.2 Å². The maximum Gasteiger partial charge on any atom is 0.416 e. The number of nitrogens with one attached hydrogen (secondary N) is 2. The van der Waals surface area contributed by atoms with E-state index < -0.39 is 23.6 Å². The van der Waals surface area contributed by atoms with Crippen molar-refractivity contribution in [1.29, 1.82) is 0 Å². The number of hydrogen-bond donors (Lipinski definition) is 2. The first kappa shape index (κ1) is 23.1. The van der Waals surface area contributed by atoms with Gasteiger partial charge in [-0.2, -0.15) is 13.2 Å². The molecule has 8 nitrogen and oxygen atoms in total. The molecule has 0 aliphatic rings. The first-order valence-electron chi connectivity index (χ1n) is 8.81. The second-order valence-electron chi connectivity index (χ2n) is 6.11. The van der Waals surface area contributed by atoms with Crippen molar-refractivity contribution in [3.8, 4) is 17.2 Å². The molecule has 0 atom stereocenters. The zero-order valence-electron chi connectivity index (χ0n) is 16.6. The summed E-state index contributed by atoms with van der Waals surface area (Å²) in [6, 6.07) is 5.76. The van der Waals surface area contributed by atoms with Gasteiger partial charge in [-0.25, -0.2) is 9.18 Å². The number of urea groups is 1. The van der Waals surface area contributed by atoms with Crippen molar-refractivity contribution in [3.63, 3.8) is 0 Å². The number of benzene rings is 2. The highest BCUT2D eigenvalue weighted by Crippen LogP contribution is 2.32. The number of rotatable bonds is 7. The van der Waals surface area contributed by atoms with Crippen LogP contribution in [-0.4, -0.2) is 30.4 Å². The van der Waals surface area contributed by atoms with E-state index in [2.05, 4.69) is 20.8 Å². The van der Waals surface area contributed by atoms with E-state index in [0.29, 0.717) is 34.4 Å². The van der Waals surface area contributed by atoms with Gasteiger partial charge in [0.15, 0.2) is 16.5 Å². The highest BCUT2D eigenvalue weighted by atomic mass is 32.1. The Hall–Kier alpha value is -3.61. The number of carbonyl (C=O) groups is 1. The smallest absolute Gasteiger partial charge is 0.416 e. The Kier molecular flexibility index (Phi) is 6.98. The molecule has 0 unspecified atom stereocenters. The third-order valence-electron chi connectivity index (χ3n) is 3.89. The topological polar surface area (TPSA) is 94.6 Å². The summed E-state index contributed by atoms with van der Waals surface area (Å²) >= 11 is 0.990. The van der Waals surface area contributed by atoms with Gasteiger partial charge in [-0.1, -0.05) is 11.3 Å². The van der Waals surface area contributed by atoms with Crippen molar-refractivity contribution in [2.75, 3.05) is 24.9 Å². The van der Waals surface area contributed by atoms with Crippen molar-refractivity contribution >= 4 is 28.2 Å². The van der Waals surface area contributed by atoms with Gasteiger partial charge in [0.25, 0.3) is 0 Å². The molecule has 0 saturated heterocycles. The summed E-state index contributed by atoms with van der Waals surface area (Å²) in [5.74, 6) is 0.360. The van der Waals surface area contributed by atoms with Crippen molar-refractivity contribution in [1.82, 2.24) is 10.2 Å². The van der Waals surface area contributed by atoms with Gasteiger partial charge in [0.05, 0.1) is 19.8 Å². The number of anilines is 2. The van der Waals surface area contributed by atoms with E-state index in [4.69, 9.17) is 14.2 Å². The molecule has 0 radical (unpaired) electrons. The predicted molar refractivity (Wildman–Crippen MR) is 108 cm³/mol. The Balaban J connectivity index is 1.58. The van der Waals surface area contributed by atoms with E-state index in [-0.39, 0.29) is 17.4 Å². The quantitative estimate of drug-likeness (QED) is 0.474. The SMILES string of the molecule is COc1ccc(OCc2nnc(NC(=O)Nc3cc(F)cc(C(F)(F)F)c3)s2)cc1OC. The largest absolute Gasteiger partial charge is 0.493 e. The lowest BCUT2D eigenvalue weighted by Gasteiger charge is -2.10. The molecule has 1 aromatic heterocycles. The number of carbonyl (C=O) groups excluding carboxylic acids is 1. The van der Waals surface area contributed by atoms with Gasteiger partial charge < -0.3 is 19.5 Å². The van der Waals surface area contributed by atoms with Crippen LogP contribution in [0.25, 0.3) is 0 Å². The minimum absolute atomic E-state index is 0.0370. The number of ether oxygens (including phenoxy) is 3. The van der Waals surface area contributed by atoms with E-state index in [1.165, 1.54) is 14.2 Å². The number of halogens is 4. The molecule has 2 N–H and O–H groups in total. The van der Waals surface area contributed by atoms with Gasteiger partial charge in [-0.15, -0.1) is 10.2 Å². The summed E-state index contributed by atoms with van der Waals surface area (Å²) < 4.78 is 67.7. The predicted octanol–water partition coefficient (Wildman–Crippen LogP) is 4.94. The Morgan fingerprint density at radius 2 is 1.78 bits per heavy atom. The minimum Gasteiger partial charge on any atom is -0.493 e. The van der Waals surface area contributed by atoms with Gasteiger partial charge in [-0.3, -0.25) is 5.32 Å². The zero-order chi connectivity index (χ0) is 23.3. The number of nitrogens with zero attached hydrogens (tertiary/aromatic N) is 2. The molecule has 32 heavy (non-hydrogen) atoms. The van der Waals surface area contributed by atoms with Crippen molar-refractivity contribution in [3.05, 3.63) is 52.8 Å². The number of hydrogen-bond acceptors (Lipinski definition) is 7. The maximum absolute atomic E-state index is 13.4. The van der Waals surface area contributed by atoms with Crippen LogP contribution >= 0.6 is 11.3 Å². The molecule has 3 rings (SSSR count). The zero-order valence-corrected chi connectivity index (χ0v) is 17.4. The monoisotopic (exact) mass is 472 g/mol. The fraction of sp³-hybridized carbons (Fsp3) is 0.211. The summed E-state index contributed by atoms with van der Waals surface area (Å²) in [7, 11) is 3.00. The van der Waals surface area contributed by atoms with Gasteiger partial charge in [-0.05, 0) is 30.3 Å². The van der Waals surface area contributed by atoms with Crippen molar-refractivity contribution in [2.24, 2.45) is 0 Å². The summed E-state index contributed by atoms with van der Waals surface area (Å²) in [4.78, 5) is 12.0. The Labute approximate surface area is 183 Å². The van der Waals surface area contributed by atoms with Gasteiger partial charge in [0.1, 0.15) is 18.2 Å². The summed E-state index contributed by atoms with van der Waals surface area (Å²) in [5.41, 5.74) is -1.59. The fourth-order valence-electron chi connectivity index (χ4n) is 2.50. The van der Waals surface area contributed by atoms with Crippen molar-refractivity contribution in [2.45, 2.75) is 12.8 Å². The molecule has 3 aromatic rings. The van der Waals surface area contributed by atoms with Crippen LogP contribution in [0, 0.1) is 5.82 Å². The van der Waals surface area contributed by atoms with Crippen LogP contribution < -0.4 is 24.8 Å². The Bertz CT molecular complexity index is 1110. The maximum atomic E-state index is 13.4. The molecule has 0 aliphatic carbocycles. The van der Waals surface area contributed by atoms with Crippen molar-refractivity contribution < 1.29 is 36.6 Å². The third kappa shape index (κ3) is 5.97. The molecule has 0 aliphatic heterocycles. The van der Waals surface area contributed by atoms with Crippen LogP contribution in [-0.2, 0) is 12.8 Å². The highest BCUT2D eigenvalue weighted by molar-refractivity contribution is 7.15. The lowest BCUT2D eigenvalue weighted by molar-refractivity contribution is -0.137. The minimum atomic E-state index is -4.75. The third-order valence-corrected chi connectivity index (χ3v) is 4.70. The average Bonchev–Trinajstić information content (AvgIpc) is 3.18. The van der Waals surface area contributed by atoms with Crippen LogP contribution in [0.1, 0.15) is 10.6 Å². The average molecular weight is 472 g/mol. The number of methoxy groups -OCH3 is 2. The summed E-state index contributed by atoms with van der Waals surface area (Å²) in [5, 5.41) is 12.6. The van der Waals surface area contributed by atoms with E-state index in [9.17, 15) is 22.4 Å². The normalized spacial score (nSPS) is 11.1. The molecule has 1 heterocycles. The first-order valence-corrected chi connectivity index (χ1v) is 9.62. The van der Waals surface area contributed by atoms with E-state index in [1.807, 2.05) is 0 Å². The van der Waals surface area contributed by atoms with Crippen LogP contribution in [0.3, 0.4) is 0 Å². The number of amides is 2. The lowest BCUT2D eigenvalue weighted by Crippen LogP contribution is -2.20. The highest BCUT2D eigenvalue weighted by Gasteiger charge is 2.31. The van der Waals surface area contributed by atoms with Gasteiger partial charge in [0, 0.05) is 11.8 Å². The van der Waals surface area contributed by atoms with Crippen LogP contribution in [0.2, 0.25) is 0 Å². The first-order chi connectivity index (χ1) is 15.2. The van der Waals surface area contributed by atoms with E-state index in [0.717, 1.165) is 17.4 Å². The fourth-order valence-corrected chi connectivity index (χ4v) is 3.15. The number of aromatic nitrogens is 2. The lowest BCUT2D eigenvalue weighted by atomic mass is 10.2. The molecule has 2 aromatic carbocycles. The molecular formula is C19H16F4N4O4S. The Morgan fingerprint density at radius 3 is 2.47 bits per heavy atom. The van der Waals surface area contributed by atoms with E-state index in [1.54, 1.807) is 18.2 Å². The molecular weight excluding hydrogens is 456 g/mol. The molecule has 0 bridgehead atoms.